The van der Waals surface area contributed by atoms with E-state index in [9.17, 15) is 8.42 Å². The van der Waals surface area contributed by atoms with Gasteiger partial charge < -0.3 is 5.73 Å². The Labute approximate surface area is 84.9 Å². The van der Waals surface area contributed by atoms with Crippen molar-refractivity contribution in [1.82, 2.24) is 4.72 Å². The van der Waals surface area contributed by atoms with Crippen LogP contribution in [0.2, 0.25) is 0 Å². The first kappa shape index (κ1) is 12.8. The maximum atomic E-state index is 11.2. The highest BCUT2D eigenvalue weighted by Crippen LogP contribution is 2.10. The molecule has 0 aromatic rings. The summed E-state index contributed by atoms with van der Waals surface area (Å²) in [7, 11) is -3.33. The Kier molecular flexibility index (Phi) is 4.28. The molecule has 0 unspecified atom stereocenters. The van der Waals surface area contributed by atoms with Gasteiger partial charge in [0.05, 0.1) is 4.99 Å². The Morgan fingerprint density at radius 3 is 2.23 bits per heavy atom. The molecule has 0 bridgehead atoms. The zero-order valence-corrected chi connectivity index (χ0v) is 9.76. The number of rotatable bonds is 4. The highest BCUT2D eigenvalue weighted by molar-refractivity contribution is 7.92. The number of hydrogen-bond acceptors (Lipinski definition) is 3. The van der Waals surface area contributed by atoms with Crippen LogP contribution in [0.3, 0.4) is 0 Å². The third-order valence-corrected chi connectivity index (χ3v) is 2.76. The fraction of sp³-hybridized carbons (Fsp3) is 0.857. The lowest BCUT2D eigenvalue weighted by molar-refractivity contribution is 0.408. The summed E-state index contributed by atoms with van der Waals surface area (Å²) < 4.78 is 24.9. The summed E-state index contributed by atoms with van der Waals surface area (Å²) in [6, 6.07) is 0. The molecular weight excluding hydrogens is 208 g/mol. The lowest BCUT2D eigenvalue weighted by Gasteiger charge is -2.18. The van der Waals surface area contributed by atoms with Gasteiger partial charge in [0, 0.05) is 6.54 Å². The lowest BCUT2D eigenvalue weighted by Crippen LogP contribution is -2.37. The van der Waals surface area contributed by atoms with E-state index in [0.717, 1.165) is 0 Å². The molecule has 0 aliphatic heterocycles. The molecule has 13 heavy (non-hydrogen) atoms. The Hall–Kier alpha value is -0.200. The molecule has 0 rings (SSSR count). The maximum absolute atomic E-state index is 11.2. The highest BCUT2D eigenvalue weighted by atomic mass is 32.2. The first-order chi connectivity index (χ1) is 5.62. The van der Waals surface area contributed by atoms with E-state index in [2.05, 4.69) is 16.9 Å². The third-order valence-electron chi connectivity index (χ3n) is 1.15. The van der Waals surface area contributed by atoms with Gasteiger partial charge in [-0.1, -0.05) is 33.0 Å². The second-order valence-electron chi connectivity index (χ2n) is 4.11. The molecule has 0 amide bonds. The molecule has 0 saturated heterocycles. The summed E-state index contributed by atoms with van der Waals surface area (Å²) in [6.07, 6.45) is 0. The molecule has 0 aliphatic carbocycles. The number of sulfonamides is 1. The third kappa shape index (κ3) is 8.14. The summed E-state index contributed by atoms with van der Waals surface area (Å²) in [5.74, 6) is -0.279. The molecule has 3 N–H and O–H groups in total. The van der Waals surface area contributed by atoms with Crippen LogP contribution in [0.5, 0.6) is 0 Å². The largest absolute Gasteiger partial charge is 0.392 e. The van der Waals surface area contributed by atoms with Crippen molar-refractivity contribution in [2.45, 2.75) is 20.8 Å². The molecule has 0 aromatic carbocycles. The first-order valence-electron chi connectivity index (χ1n) is 3.88. The van der Waals surface area contributed by atoms with E-state index >= 15 is 0 Å². The number of thiocarbonyl (C=S) groups is 1. The maximum Gasteiger partial charge on any atom is 0.218 e. The second kappa shape index (κ2) is 4.34. The Morgan fingerprint density at radius 2 is 1.92 bits per heavy atom. The predicted molar refractivity (Wildman–Crippen MR) is 58.0 cm³/mol. The van der Waals surface area contributed by atoms with Gasteiger partial charge in [0.2, 0.25) is 10.0 Å². The minimum atomic E-state index is -3.33. The molecule has 78 valence electrons. The van der Waals surface area contributed by atoms with Crippen LogP contribution in [0.15, 0.2) is 0 Å². The molecule has 0 spiro atoms. The Bertz CT molecular complexity index is 277. The topological polar surface area (TPSA) is 72.2 Å². The summed E-state index contributed by atoms with van der Waals surface area (Å²) in [4.78, 5) is -0.0126. The van der Waals surface area contributed by atoms with Gasteiger partial charge in [0.1, 0.15) is 5.75 Å². The average Bonchev–Trinajstić information content (AvgIpc) is 1.79. The average molecular weight is 224 g/mol. The Balaban J connectivity index is 4.13. The molecule has 6 heteroatoms. The zero-order valence-electron chi connectivity index (χ0n) is 8.12. The van der Waals surface area contributed by atoms with Crippen LogP contribution in [0, 0.1) is 5.41 Å². The normalized spacial score (nSPS) is 12.8. The molecule has 0 atom stereocenters. The monoisotopic (exact) mass is 224 g/mol. The lowest BCUT2D eigenvalue weighted by atomic mass is 9.98. The fourth-order valence-electron chi connectivity index (χ4n) is 0.565. The van der Waals surface area contributed by atoms with Crippen LogP contribution in [0.25, 0.3) is 0 Å². The predicted octanol–water partition coefficient (Wildman–Crippen LogP) is 0.238. The number of nitrogens with one attached hydrogen (secondary N) is 1. The van der Waals surface area contributed by atoms with Crippen molar-refractivity contribution >= 4 is 27.2 Å². The minimum absolute atomic E-state index is 0.0126. The summed E-state index contributed by atoms with van der Waals surface area (Å²) in [5.41, 5.74) is 5.05. The zero-order chi connectivity index (χ0) is 10.7. The van der Waals surface area contributed by atoms with Gasteiger partial charge in [-0.05, 0) is 5.41 Å². The first-order valence-corrected chi connectivity index (χ1v) is 5.94. The van der Waals surface area contributed by atoms with Crippen LogP contribution < -0.4 is 10.5 Å². The second-order valence-corrected chi connectivity index (χ2v) is 6.44. The Morgan fingerprint density at radius 1 is 1.46 bits per heavy atom. The van der Waals surface area contributed by atoms with Gasteiger partial charge in [-0.3, -0.25) is 0 Å². The van der Waals surface area contributed by atoms with E-state index in [1.807, 2.05) is 20.8 Å². The molecule has 0 radical (unpaired) electrons. The standard InChI is InChI=1S/C7H16N2O2S2/c1-7(2,3)5-9-13(10,11)4-6(8)12/h9H,4-5H2,1-3H3,(H2,8,12). The van der Waals surface area contributed by atoms with Gasteiger partial charge in [0.15, 0.2) is 0 Å². The molecule has 0 aliphatic rings. The van der Waals surface area contributed by atoms with Gasteiger partial charge in [-0.2, -0.15) is 0 Å². The van der Waals surface area contributed by atoms with E-state index in [-0.39, 0.29) is 16.2 Å². The van der Waals surface area contributed by atoms with Crippen molar-refractivity contribution in [1.29, 1.82) is 0 Å². The highest BCUT2D eigenvalue weighted by Gasteiger charge is 2.16. The van der Waals surface area contributed by atoms with Crippen molar-refractivity contribution < 1.29 is 8.42 Å². The summed E-state index contributed by atoms with van der Waals surface area (Å²) >= 11 is 4.51. The SMILES string of the molecule is CC(C)(C)CNS(=O)(=O)CC(N)=S. The summed E-state index contributed by atoms with van der Waals surface area (Å²) in [6.45, 7) is 6.21. The molecule has 0 heterocycles. The molecule has 4 nitrogen and oxygen atoms in total. The van der Waals surface area contributed by atoms with Gasteiger partial charge >= 0.3 is 0 Å². The molecular formula is C7H16N2O2S2. The van der Waals surface area contributed by atoms with Crippen molar-refractivity contribution in [3.05, 3.63) is 0 Å². The van der Waals surface area contributed by atoms with E-state index in [0.29, 0.717) is 6.54 Å². The van der Waals surface area contributed by atoms with Crippen LogP contribution in [0.4, 0.5) is 0 Å². The molecule has 0 saturated carbocycles. The van der Waals surface area contributed by atoms with Crippen LogP contribution >= 0.6 is 12.2 Å². The van der Waals surface area contributed by atoms with Crippen molar-refractivity contribution in [3.8, 4) is 0 Å². The van der Waals surface area contributed by atoms with Crippen molar-refractivity contribution in [2.24, 2.45) is 11.1 Å². The fourth-order valence-corrected chi connectivity index (χ4v) is 2.16. The van der Waals surface area contributed by atoms with E-state index in [1.54, 1.807) is 0 Å². The molecule has 0 aromatic heterocycles. The number of nitrogens with two attached hydrogens (primary N) is 1. The quantitative estimate of drug-likeness (QED) is 0.671. The number of hydrogen-bond donors (Lipinski definition) is 2. The van der Waals surface area contributed by atoms with Crippen LogP contribution in [-0.4, -0.2) is 25.7 Å². The smallest absolute Gasteiger partial charge is 0.218 e. The van der Waals surface area contributed by atoms with Gasteiger partial charge in [0.25, 0.3) is 0 Å². The van der Waals surface area contributed by atoms with E-state index in [4.69, 9.17) is 5.73 Å². The molecule has 0 fully saturated rings. The van der Waals surface area contributed by atoms with Gasteiger partial charge in [-0.15, -0.1) is 0 Å². The van der Waals surface area contributed by atoms with E-state index < -0.39 is 10.0 Å². The van der Waals surface area contributed by atoms with Crippen LogP contribution in [0.1, 0.15) is 20.8 Å². The van der Waals surface area contributed by atoms with Crippen LogP contribution in [-0.2, 0) is 10.0 Å². The van der Waals surface area contributed by atoms with E-state index in [1.165, 1.54) is 0 Å². The minimum Gasteiger partial charge on any atom is -0.392 e. The van der Waals surface area contributed by atoms with Gasteiger partial charge in [-0.25, -0.2) is 13.1 Å². The van der Waals surface area contributed by atoms with Crippen molar-refractivity contribution in [2.75, 3.05) is 12.3 Å². The van der Waals surface area contributed by atoms with Crippen molar-refractivity contribution in [3.63, 3.8) is 0 Å². The summed E-state index contributed by atoms with van der Waals surface area (Å²) in [5, 5.41) is 0.